The molecule has 6 heterocycles. The number of hydrogen-bond donors (Lipinski definition) is 0. The number of benzene rings is 19. The molecular formula is C118H86B3N3O3Si3. The lowest BCUT2D eigenvalue weighted by atomic mass is 9.29. The van der Waals surface area contributed by atoms with E-state index < -0.39 is 30.9 Å². The largest absolute Gasteiger partial charge is 0.458 e. The molecule has 0 radical (unpaired) electrons. The fourth-order valence-corrected chi connectivity index (χ4v) is 38.0. The second kappa shape index (κ2) is 30.5. The molecule has 0 amide bonds. The number of hydrogen-bond acceptors (Lipinski definition) is 6. The molecule has 6 nitrogen and oxygen atoms in total. The van der Waals surface area contributed by atoms with Gasteiger partial charge in [0.25, 0.3) is 20.1 Å². The number of anilines is 9. The quantitative estimate of drug-likeness (QED) is 0.0752. The van der Waals surface area contributed by atoms with Crippen LogP contribution in [0.25, 0.3) is 0 Å². The first-order valence-corrected chi connectivity index (χ1v) is 51.4. The van der Waals surface area contributed by atoms with Gasteiger partial charge in [-0.25, -0.2) is 0 Å². The Hall–Kier alpha value is -15.2. The summed E-state index contributed by atoms with van der Waals surface area (Å²) in [5.41, 5.74) is 24.8. The average molecular weight is 1710 g/mol. The van der Waals surface area contributed by atoms with E-state index in [-0.39, 0.29) is 13.4 Å². The number of fused-ring (bicyclic) bond motifs is 12. The van der Waals surface area contributed by atoms with E-state index >= 15 is 0 Å². The zero-order valence-electron chi connectivity index (χ0n) is 72.5. The number of rotatable bonds is 15. The molecule has 612 valence electrons. The van der Waals surface area contributed by atoms with Crippen LogP contribution >= 0.6 is 0 Å². The van der Waals surface area contributed by atoms with E-state index in [0.717, 1.165) is 135 Å². The number of ether oxygens (including phenoxy) is 3. The SMILES string of the molecule is Cc1cccc(C)c1N1c2cc3c(cc2B2c4ccccc4Oc4cc([Si](c5ccccc5)(c5ccccc5)c5ccccc5)cc1c42)B1c2cc4c(cc2Oc2cc([Si](c5ccccc5)(c5ccccc5)c5ccccc5)cc(c21)O3)N(c1c(C)cccc1C)c1cc([Si](c2ccccc2)(c2ccccc2)c2ccccc2)cc2c1B4c1ccccc1N2c1ccccc1. The van der Waals surface area contributed by atoms with Crippen molar-refractivity contribution in [3.05, 3.63) is 471 Å². The van der Waals surface area contributed by atoms with Crippen molar-refractivity contribution in [1.29, 1.82) is 0 Å². The molecule has 0 aromatic heterocycles. The summed E-state index contributed by atoms with van der Waals surface area (Å²) in [6.07, 6.45) is 0. The molecule has 0 saturated heterocycles. The Morgan fingerprint density at radius 3 is 0.831 bits per heavy atom. The zero-order chi connectivity index (χ0) is 86.5. The van der Waals surface area contributed by atoms with Crippen molar-refractivity contribution in [3.8, 4) is 34.5 Å². The molecule has 6 aliphatic heterocycles. The van der Waals surface area contributed by atoms with Crippen molar-refractivity contribution in [2.24, 2.45) is 0 Å². The second-order valence-electron chi connectivity index (χ2n) is 35.7. The Labute approximate surface area is 763 Å². The van der Waals surface area contributed by atoms with Gasteiger partial charge in [0.2, 0.25) is 0 Å². The number of para-hydroxylation sites is 5. The Morgan fingerprint density at radius 1 is 0.177 bits per heavy atom. The van der Waals surface area contributed by atoms with E-state index in [1.165, 1.54) is 84.6 Å². The highest BCUT2D eigenvalue weighted by Crippen LogP contribution is 2.50. The van der Waals surface area contributed by atoms with Gasteiger partial charge in [-0.15, -0.1) is 0 Å². The highest BCUT2D eigenvalue weighted by atomic mass is 28.3. The summed E-state index contributed by atoms with van der Waals surface area (Å²) >= 11 is 0. The van der Waals surface area contributed by atoms with E-state index in [2.05, 4.69) is 491 Å². The van der Waals surface area contributed by atoms with Crippen LogP contribution in [0.1, 0.15) is 22.3 Å². The highest BCUT2D eigenvalue weighted by Gasteiger charge is 2.54. The maximum absolute atomic E-state index is 8.29. The first-order chi connectivity index (χ1) is 64.2. The first kappa shape index (κ1) is 77.2. The molecule has 0 bridgehead atoms. The number of nitrogens with zero attached hydrogens (tertiary/aromatic N) is 3. The lowest BCUT2D eigenvalue weighted by molar-refractivity contribution is 0.465. The average Bonchev–Trinajstić information content (AvgIpc) is 0.681. The smallest absolute Gasteiger partial charge is 0.260 e. The summed E-state index contributed by atoms with van der Waals surface area (Å²) < 4.78 is 24.2. The predicted octanol–water partition coefficient (Wildman–Crippen LogP) is 14.3. The molecule has 0 aliphatic carbocycles. The van der Waals surface area contributed by atoms with Crippen molar-refractivity contribution < 1.29 is 14.2 Å². The van der Waals surface area contributed by atoms with Gasteiger partial charge in [0.05, 0.1) is 11.4 Å². The van der Waals surface area contributed by atoms with Crippen LogP contribution in [0.5, 0.6) is 34.5 Å². The molecule has 0 atom stereocenters. The van der Waals surface area contributed by atoms with Gasteiger partial charge >= 0.3 is 0 Å². The Kier molecular flexibility index (Phi) is 18.1. The summed E-state index contributed by atoms with van der Waals surface area (Å²) in [4.78, 5) is 7.86. The molecule has 0 saturated carbocycles. The minimum Gasteiger partial charge on any atom is -0.458 e. The van der Waals surface area contributed by atoms with E-state index in [1.54, 1.807) is 0 Å². The second-order valence-corrected chi connectivity index (χ2v) is 47.1. The summed E-state index contributed by atoms with van der Waals surface area (Å²) in [7, 11) is -9.91. The van der Waals surface area contributed by atoms with Crippen LogP contribution in [-0.4, -0.2) is 44.4 Å². The van der Waals surface area contributed by atoms with Gasteiger partial charge in [-0.3, -0.25) is 0 Å². The molecule has 12 heteroatoms. The molecule has 25 rings (SSSR count). The summed E-state index contributed by atoms with van der Waals surface area (Å²) in [6, 6.07) is 170. The molecule has 19 aromatic carbocycles. The molecule has 0 unspecified atom stereocenters. The minimum atomic E-state index is -3.35. The third-order valence-electron chi connectivity index (χ3n) is 28.9. The van der Waals surface area contributed by atoms with Gasteiger partial charge in [0.15, 0.2) is 24.2 Å². The van der Waals surface area contributed by atoms with Crippen LogP contribution in [0.3, 0.4) is 0 Å². The lowest BCUT2D eigenvalue weighted by Gasteiger charge is -2.47. The van der Waals surface area contributed by atoms with Gasteiger partial charge in [-0.05, 0) is 217 Å². The Balaban J connectivity index is 0.799. The Morgan fingerprint density at radius 2 is 0.454 bits per heavy atom. The van der Waals surface area contributed by atoms with Crippen LogP contribution in [0.2, 0.25) is 0 Å². The minimum absolute atomic E-state index is 0.283. The summed E-state index contributed by atoms with van der Waals surface area (Å²) in [6.45, 7) is 8.16. The third kappa shape index (κ3) is 11.5. The Bertz CT molecular complexity index is 7380. The maximum Gasteiger partial charge on any atom is 0.260 e. The fourth-order valence-electron chi connectivity index (χ4n) is 23.6. The molecule has 0 spiro atoms. The van der Waals surface area contributed by atoms with Crippen molar-refractivity contribution in [3.63, 3.8) is 0 Å². The molecule has 0 fully saturated rings. The van der Waals surface area contributed by atoms with Crippen molar-refractivity contribution >= 4 is 207 Å². The van der Waals surface area contributed by atoms with Crippen molar-refractivity contribution in [2.75, 3.05) is 14.7 Å². The maximum atomic E-state index is 8.29. The zero-order valence-corrected chi connectivity index (χ0v) is 75.5. The van der Waals surface area contributed by atoms with Crippen LogP contribution in [-0.2, 0) is 0 Å². The normalized spacial score (nSPS) is 13.3. The van der Waals surface area contributed by atoms with Gasteiger partial charge < -0.3 is 28.9 Å². The van der Waals surface area contributed by atoms with Gasteiger partial charge in [0.1, 0.15) is 34.5 Å². The summed E-state index contributed by atoms with van der Waals surface area (Å²) in [5.74, 6) is 4.82. The van der Waals surface area contributed by atoms with Crippen LogP contribution < -0.4 is 140 Å². The van der Waals surface area contributed by atoms with Crippen LogP contribution in [0, 0.1) is 27.7 Å². The topological polar surface area (TPSA) is 37.4 Å². The van der Waals surface area contributed by atoms with Crippen molar-refractivity contribution in [2.45, 2.75) is 27.7 Å². The van der Waals surface area contributed by atoms with Gasteiger partial charge in [0, 0.05) is 57.4 Å². The monoisotopic (exact) mass is 1710 g/mol. The van der Waals surface area contributed by atoms with Crippen LogP contribution in [0.4, 0.5) is 51.2 Å². The first-order valence-electron chi connectivity index (χ1n) is 45.4. The van der Waals surface area contributed by atoms with Gasteiger partial charge in [-0.2, -0.15) is 0 Å². The van der Waals surface area contributed by atoms with Crippen LogP contribution in [0.15, 0.2) is 449 Å². The van der Waals surface area contributed by atoms with E-state index in [1.807, 2.05) is 0 Å². The van der Waals surface area contributed by atoms with Gasteiger partial charge in [-0.1, -0.05) is 376 Å². The predicted molar refractivity (Wildman–Crippen MR) is 554 cm³/mol. The number of aryl methyl sites for hydroxylation is 4. The molecular weight excluding hydrogens is 1620 g/mol. The van der Waals surface area contributed by atoms with E-state index in [0.29, 0.717) is 0 Å². The highest BCUT2D eigenvalue weighted by molar-refractivity contribution is 7.21. The molecule has 6 aliphatic rings. The molecule has 130 heavy (non-hydrogen) atoms. The molecule has 19 aromatic rings. The van der Waals surface area contributed by atoms with E-state index in [9.17, 15) is 0 Å². The summed E-state index contributed by atoms with van der Waals surface area (Å²) in [5, 5.41) is 15.2. The standard InChI is InChI=1S/C118H86B3N3O3Si3/c1-79-41-39-42-80(2)117(79)123-103-77-109-100(75-98(103)119-96-65-35-37-67-102(96)122(83-45-15-5-16-46-83)105-69-93(70-106(123)114(105)119)128(84-47-17-6-18-48-84,85-49-19-7-20-50-85)86-51-21-8-22-52-86)121-101-76-99-104(78-110(101)127-113-74-95(73-112(126-109)116(113)121)130(90-59-29-12-30-60-90,91-61-31-13-32-62-91)92-63-33-14-34-64-92)124(118-81(3)43-40-44-82(118)4)107-71-94(72-111-115(107)120(99)97-66-36-38-68-108(97)125-111)129(87-53-23-9-24-54-87,88-55-25-10-26-56-88)89-57-27-11-28-58-89/h5-78H,1-4H3. The molecule has 0 N–H and O–H groups in total. The van der Waals surface area contributed by atoms with Crippen molar-refractivity contribution in [1.82, 2.24) is 0 Å². The fraction of sp³-hybridized carbons (Fsp3) is 0.0339. The third-order valence-corrected chi connectivity index (χ3v) is 43.1. The van der Waals surface area contributed by atoms with E-state index in [4.69, 9.17) is 14.2 Å². The lowest BCUT2D eigenvalue weighted by Crippen LogP contribution is -2.75.